The number of amides is 1. The molecule has 0 spiro atoms. The fourth-order valence-electron chi connectivity index (χ4n) is 3.20. The normalized spacial score (nSPS) is 21.8. The van der Waals surface area contributed by atoms with Gasteiger partial charge in [0.1, 0.15) is 5.75 Å². The van der Waals surface area contributed by atoms with Crippen molar-refractivity contribution in [3.63, 3.8) is 0 Å². The van der Waals surface area contributed by atoms with E-state index in [1.807, 2.05) is 0 Å². The van der Waals surface area contributed by atoms with E-state index in [1.54, 1.807) is 39.5 Å². The minimum Gasteiger partial charge on any atom is -0.496 e. The van der Waals surface area contributed by atoms with Gasteiger partial charge in [0.15, 0.2) is 16.7 Å². The van der Waals surface area contributed by atoms with E-state index in [0.29, 0.717) is 28.1 Å². The van der Waals surface area contributed by atoms with Gasteiger partial charge >= 0.3 is 0 Å². The van der Waals surface area contributed by atoms with Crippen LogP contribution in [0.2, 0.25) is 0 Å². The molecule has 3 rings (SSSR count). The molecule has 0 aliphatic carbocycles. The largest absolute Gasteiger partial charge is 0.496 e. The van der Waals surface area contributed by atoms with Gasteiger partial charge in [0.05, 0.1) is 26.2 Å². The fourth-order valence-corrected chi connectivity index (χ4v) is 4.14. The van der Waals surface area contributed by atoms with Crippen molar-refractivity contribution in [2.75, 3.05) is 34.4 Å². The Bertz CT molecular complexity index is 760. The van der Waals surface area contributed by atoms with Gasteiger partial charge in [-0.05, 0) is 42.7 Å². The van der Waals surface area contributed by atoms with E-state index >= 15 is 0 Å². The monoisotopic (exact) mass is 376 g/mol. The average molecular weight is 376 g/mol. The third-order valence-corrected chi connectivity index (χ3v) is 5.60. The SMILES string of the molecule is COc1cc(OC)c(OC)cc1/C=C1\SC(N2CCC[C@H](C)C2)=NC1=O. The van der Waals surface area contributed by atoms with Gasteiger partial charge in [-0.25, -0.2) is 0 Å². The van der Waals surface area contributed by atoms with E-state index < -0.39 is 0 Å². The van der Waals surface area contributed by atoms with E-state index in [9.17, 15) is 4.79 Å². The second kappa shape index (κ2) is 8.03. The van der Waals surface area contributed by atoms with Crippen LogP contribution in [0.25, 0.3) is 6.08 Å². The Morgan fingerprint density at radius 2 is 1.85 bits per heavy atom. The molecule has 1 aromatic rings. The number of nitrogens with zero attached hydrogens (tertiary/aromatic N) is 2. The summed E-state index contributed by atoms with van der Waals surface area (Å²) in [5.74, 6) is 2.20. The standard InChI is InChI=1S/C19H24N2O4S/c1-12-6-5-7-21(11-12)19-20-18(22)17(26-19)9-13-8-15(24-3)16(25-4)10-14(13)23-2/h8-10,12H,5-7,11H2,1-4H3/b17-9-/t12-/m0/s1. The maximum atomic E-state index is 12.4. The highest BCUT2D eigenvalue weighted by Gasteiger charge is 2.29. The van der Waals surface area contributed by atoms with Gasteiger partial charge in [-0.15, -0.1) is 0 Å². The Kier molecular flexibility index (Phi) is 5.76. The van der Waals surface area contributed by atoms with Crippen LogP contribution in [0.15, 0.2) is 22.0 Å². The Morgan fingerprint density at radius 1 is 1.15 bits per heavy atom. The minimum atomic E-state index is -0.208. The lowest BCUT2D eigenvalue weighted by Crippen LogP contribution is -2.37. The number of ether oxygens (including phenoxy) is 3. The van der Waals surface area contributed by atoms with Gasteiger partial charge in [0, 0.05) is 24.7 Å². The average Bonchev–Trinajstić information content (AvgIpc) is 3.02. The lowest BCUT2D eigenvalue weighted by atomic mass is 10.0. The Hall–Kier alpha value is -2.15. The fraction of sp³-hybridized carbons (Fsp3) is 0.474. The summed E-state index contributed by atoms with van der Waals surface area (Å²) in [6, 6.07) is 3.56. The number of hydrogen-bond acceptors (Lipinski definition) is 6. The summed E-state index contributed by atoms with van der Waals surface area (Å²) in [4.78, 5) is 19.4. The molecular formula is C19H24N2O4S. The second-order valence-electron chi connectivity index (χ2n) is 6.45. The Balaban J connectivity index is 1.86. The van der Waals surface area contributed by atoms with Gasteiger partial charge in [-0.1, -0.05) is 6.92 Å². The quantitative estimate of drug-likeness (QED) is 0.751. The molecular weight excluding hydrogens is 352 g/mol. The number of thioether (sulfide) groups is 1. The molecule has 0 unspecified atom stereocenters. The molecule has 0 bridgehead atoms. The number of rotatable bonds is 4. The molecule has 1 fully saturated rings. The number of benzene rings is 1. The van der Waals surface area contributed by atoms with E-state index in [1.165, 1.54) is 18.2 Å². The summed E-state index contributed by atoms with van der Waals surface area (Å²) >= 11 is 1.42. The highest BCUT2D eigenvalue weighted by atomic mass is 32.2. The number of amidine groups is 1. The molecule has 2 aliphatic rings. The molecule has 1 aromatic carbocycles. The maximum absolute atomic E-state index is 12.4. The lowest BCUT2D eigenvalue weighted by Gasteiger charge is -2.31. The number of piperidine rings is 1. The van der Waals surface area contributed by atoms with E-state index in [2.05, 4.69) is 16.8 Å². The van der Waals surface area contributed by atoms with Gasteiger partial charge in [-0.3, -0.25) is 4.79 Å². The summed E-state index contributed by atoms with van der Waals surface area (Å²) in [6.45, 7) is 4.14. The summed E-state index contributed by atoms with van der Waals surface area (Å²) in [7, 11) is 4.74. The molecule has 0 aromatic heterocycles. The summed E-state index contributed by atoms with van der Waals surface area (Å²) in [6.07, 6.45) is 4.17. The minimum absolute atomic E-state index is 0.208. The van der Waals surface area contributed by atoms with Gasteiger partial charge in [-0.2, -0.15) is 4.99 Å². The number of carbonyl (C=O) groups excluding carboxylic acids is 1. The highest BCUT2D eigenvalue weighted by Crippen LogP contribution is 2.38. The van der Waals surface area contributed by atoms with Gasteiger partial charge < -0.3 is 19.1 Å². The molecule has 140 valence electrons. The van der Waals surface area contributed by atoms with Crippen molar-refractivity contribution >= 4 is 28.9 Å². The molecule has 0 N–H and O–H groups in total. The predicted molar refractivity (Wildman–Crippen MR) is 104 cm³/mol. The third kappa shape index (κ3) is 3.82. The number of likely N-dealkylation sites (tertiary alicyclic amines) is 1. The summed E-state index contributed by atoms with van der Waals surface area (Å²) < 4.78 is 16.1. The summed E-state index contributed by atoms with van der Waals surface area (Å²) in [5.41, 5.74) is 0.754. The zero-order valence-corrected chi connectivity index (χ0v) is 16.4. The molecule has 1 amide bonds. The number of aliphatic imine (C=N–C) groups is 1. The van der Waals surface area contributed by atoms with Crippen molar-refractivity contribution in [1.82, 2.24) is 4.90 Å². The number of carbonyl (C=O) groups is 1. The van der Waals surface area contributed by atoms with E-state index in [-0.39, 0.29) is 5.91 Å². The van der Waals surface area contributed by atoms with E-state index in [0.717, 1.165) is 30.2 Å². The van der Waals surface area contributed by atoms with Crippen LogP contribution in [0.3, 0.4) is 0 Å². The van der Waals surface area contributed by atoms with Crippen molar-refractivity contribution in [2.24, 2.45) is 10.9 Å². The number of hydrogen-bond donors (Lipinski definition) is 0. The summed E-state index contributed by atoms with van der Waals surface area (Å²) in [5, 5.41) is 0.798. The third-order valence-electron chi connectivity index (χ3n) is 4.56. The first-order chi connectivity index (χ1) is 12.5. The molecule has 0 radical (unpaired) electrons. The lowest BCUT2D eigenvalue weighted by molar-refractivity contribution is -0.113. The Labute approximate surface area is 158 Å². The van der Waals surface area contributed by atoms with Gasteiger partial charge in [0.2, 0.25) is 0 Å². The molecule has 2 heterocycles. The van der Waals surface area contributed by atoms with Crippen molar-refractivity contribution in [1.29, 1.82) is 0 Å². The first-order valence-electron chi connectivity index (χ1n) is 8.63. The van der Waals surface area contributed by atoms with Crippen LogP contribution in [0.1, 0.15) is 25.3 Å². The molecule has 1 saturated heterocycles. The molecule has 2 aliphatic heterocycles. The van der Waals surface area contributed by atoms with Crippen LogP contribution in [0, 0.1) is 5.92 Å². The molecule has 1 atom stereocenters. The van der Waals surface area contributed by atoms with Crippen LogP contribution in [-0.4, -0.2) is 50.4 Å². The first-order valence-corrected chi connectivity index (χ1v) is 9.45. The van der Waals surface area contributed by atoms with Crippen LogP contribution in [0.4, 0.5) is 0 Å². The Morgan fingerprint density at radius 3 is 2.50 bits per heavy atom. The van der Waals surface area contributed by atoms with Crippen LogP contribution in [-0.2, 0) is 4.79 Å². The maximum Gasteiger partial charge on any atom is 0.286 e. The zero-order valence-electron chi connectivity index (χ0n) is 15.6. The van der Waals surface area contributed by atoms with Gasteiger partial charge in [0.25, 0.3) is 5.91 Å². The van der Waals surface area contributed by atoms with Crippen molar-refractivity contribution in [3.8, 4) is 17.2 Å². The predicted octanol–water partition coefficient (Wildman–Crippen LogP) is 3.41. The highest BCUT2D eigenvalue weighted by molar-refractivity contribution is 8.18. The van der Waals surface area contributed by atoms with Crippen molar-refractivity contribution < 1.29 is 19.0 Å². The molecule has 7 heteroatoms. The first kappa shape index (κ1) is 18.6. The number of methoxy groups -OCH3 is 3. The molecule has 0 saturated carbocycles. The topological polar surface area (TPSA) is 60.4 Å². The van der Waals surface area contributed by atoms with Crippen LogP contribution in [0.5, 0.6) is 17.2 Å². The van der Waals surface area contributed by atoms with Crippen molar-refractivity contribution in [3.05, 3.63) is 22.6 Å². The van der Waals surface area contributed by atoms with Crippen LogP contribution < -0.4 is 14.2 Å². The van der Waals surface area contributed by atoms with E-state index in [4.69, 9.17) is 14.2 Å². The van der Waals surface area contributed by atoms with Crippen LogP contribution >= 0.6 is 11.8 Å². The van der Waals surface area contributed by atoms with Crippen molar-refractivity contribution in [2.45, 2.75) is 19.8 Å². The second-order valence-corrected chi connectivity index (χ2v) is 7.46. The molecule has 26 heavy (non-hydrogen) atoms. The smallest absolute Gasteiger partial charge is 0.286 e. The molecule has 6 nitrogen and oxygen atoms in total. The zero-order chi connectivity index (χ0) is 18.7.